The summed E-state index contributed by atoms with van der Waals surface area (Å²) in [5.41, 5.74) is 0.786. The number of rotatable bonds is 9. The minimum Gasteiger partial charge on any atom is -0.495 e. The standard InChI is InChI=1S/C27H34Cl2N6O4/c1-14(2)19(33(5)17-11-34(12-17)15(3)36)13-35-25-16(10-31-27(30-4)32-25)8-18(26(35)37)22-23(28)20(38-6)9-21(39-7)24(22)29/h8-10,14,17,19H,11-13H2,1-7H3,(H,30,31,32)/t19-/m1/s1. The molecule has 3 heterocycles. The number of aromatic nitrogens is 3. The lowest BCUT2D eigenvalue weighted by Gasteiger charge is -2.47. The van der Waals surface area contributed by atoms with E-state index >= 15 is 0 Å². The van der Waals surface area contributed by atoms with Gasteiger partial charge in [0.15, 0.2) is 0 Å². The van der Waals surface area contributed by atoms with Gasteiger partial charge in [-0.15, -0.1) is 0 Å². The summed E-state index contributed by atoms with van der Waals surface area (Å²) >= 11 is 13.4. The number of nitrogens with one attached hydrogen (secondary N) is 1. The average Bonchev–Trinajstić information content (AvgIpc) is 2.87. The molecule has 1 atom stereocenters. The number of carbonyl (C=O) groups is 1. The monoisotopic (exact) mass is 576 g/mol. The third kappa shape index (κ3) is 5.37. The van der Waals surface area contributed by atoms with E-state index in [0.29, 0.717) is 53.7 Å². The molecule has 1 N–H and O–H groups in total. The first-order valence-corrected chi connectivity index (χ1v) is 13.4. The van der Waals surface area contributed by atoms with Gasteiger partial charge in [-0.1, -0.05) is 37.0 Å². The molecule has 1 fully saturated rings. The maximum Gasteiger partial charge on any atom is 0.260 e. The highest BCUT2D eigenvalue weighted by molar-refractivity contribution is 6.41. The number of likely N-dealkylation sites (N-methyl/N-ethyl adjacent to an activating group) is 1. The van der Waals surface area contributed by atoms with Crippen LogP contribution in [-0.4, -0.2) is 83.7 Å². The second-order valence-electron chi connectivity index (χ2n) is 10.0. The third-order valence-corrected chi connectivity index (χ3v) is 8.19. The number of carbonyl (C=O) groups excluding carboxylic acids is 1. The highest BCUT2D eigenvalue weighted by Crippen LogP contribution is 2.45. The largest absolute Gasteiger partial charge is 0.495 e. The van der Waals surface area contributed by atoms with Crippen LogP contribution in [0.4, 0.5) is 5.95 Å². The van der Waals surface area contributed by atoms with Crippen LogP contribution in [-0.2, 0) is 11.3 Å². The topological polar surface area (TPSA) is 102 Å². The zero-order valence-corrected chi connectivity index (χ0v) is 24.7. The van der Waals surface area contributed by atoms with Gasteiger partial charge in [-0.25, -0.2) is 4.98 Å². The predicted octanol–water partition coefficient (Wildman–Crippen LogP) is 4.01. The molecule has 0 aliphatic carbocycles. The zero-order valence-electron chi connectivity index (χ0n) is 23.2. The minimum atomic E-state index is -0.305. The Morgan fingerprint density at radius 1 is 1.18 bits per heavy atom. The Balaban J connectivity index is 1.90. The fraction of sp³-hybridized carbons (Fsp3) is 0.481. The summed E-state index contributed by atoms with van der Waals surface area (Å²) in [6.07, 6.45) is 1.66. The smallest absolute Gasteiger partial charge is 0.260 e. The lowest BCUT2D eigenvalue weighted by Crippen LogP contribution is -2.63. The van der Waals surface area contributed by atoms with Crippen LogP contribution in [0.3, 0.4) is 0 Å². The Hall–Kier alpha value is -3.08. The summed E-state index contributed by atoms with van der Waals surface area (Å²) in [4.78, 5) is 39.1. The van der Waals surface area contributed by atoms with E-state index in [2.05, 4.69) is 34.0 Å². The van der Waals surface area contributed by atoms with Gasteiger partial charge in [-0.2, -0.15) is 4.98 Å². The molecule has 3 aromatic rings. The van der Waals surface area contributed by atoms with E-state index < -0.39 is 0 Å². The van der Waals surface area contributed by atoms with Crippen molar-refractivity contribution in [2.75, 3.05) is 46.7 Å². The van der Waals surface area contributed by atoms with Crippen molar-refractivity contribution in [3.05, 3.63) is 38.7 Å². The number of methoxy groups -OCH3 is 2. The number of halogens is 2. The van der Waals surface area contributed by atoms with Crippen molar-refractivity contribution in [2.45, 2.75) is 39.4 Å². The summed E-state index contributed by atoms with van der Waals surface area (Å²) in [5.74, 6) is 1.32. The van der Waals surface area contributed by atoms with E-state index in [1.807, 2.05) is 11.9 Å². The number of likely N-dealkylation sites (tertiary alicyclic amines) is 1. The number of pyridine rings is 1. The van der Waals surface area contributed by atoms with Crippen LogP contribution in [0.1, 0.15) is 20.8 Å². The molecule has 210 valence electrons. The van der Waals surface area contributed by atoms with Crippen LogP contribution >= 0.6 is 23.2 Å². The molecule has 0 bridgehead atoms. The summed E-state index contributed by atoms with van der Waals surface area (Å²) in [6, 6.07) is 3.45. The summed E-state index contributed by atoms with van der Waals surface area (Å²) in [6.45, 7) is 7.49. The van der Waals surface area contributed by atoms with E-state index in [1.165, 1.54) is 14.2 Å². The molecule has 1 aromatic carbocycles. The number of nitrogens with zero attached hydrogens (tertiary/aromatic N) is 5. The second kappa shape index (κ2) is 11.6. The van der Waals surface area contributed by atoms with Gasteiger partial charge in [-0.05, 0) is 19.0 Å². The van der Waals surface area contributed by atoms with Crippen molar-refractivity contribution < 1.29 is 14.3 Å². The molecule has 0 radical (unpaired) electrons. The van der Waals surface area contributed by atoms with E-state index in [-0.39, 0.29) is 45.1 Å². The number of hydrogen-bond acceptors (Lipinski definition) is 8. The number of fused-ring (bicyclic) bond motifs is 1. The molecular weight excluding hydrogens is 543 g/mol. The lowest BCUT2D eigenvalue weighted by molar-refractivity contribution is -0.136. The van der Waals surface area contributed by atoms with Crippen molar-refractivity contribution in [1.29, 1.82) is 0 Å². The maximum absolute atomic E-state index is 14.3. The maximum atomic E-state index is 14.3. The first kappa shape index (κ1) is 28.9. The van der Waals surface area contributed by atoms with Gasteiger partial charge in [0.05, 0.1) is 29.8 Å². The van der Waals surface area contributed by atoms with E-state index in [0.717, 1.165) is 0 Å². The van der Waals surface area contributed by atoms with Gasteiger partial charge in [0, 0.05) is 68.9 Å². The summed E-state index contributed by atoms with van der Waals surface area (Å²) in [5, 5.41) is 4.01. The molecule has 39 heavy (non-hydrogen) atoms. The highest BCUT2D eigenvalue weighted by atomic mass is 35.5. The second-order valence-corrected chi connectivity index (χ2v) is 10.8. The Morgan fingerprint density at radius 2 is 1.79 bits per heavy atom. The van der Waals surface area contributed by atoms with Crippen LogP contribution < -0.4 is 20.3 Å². The van der Waals surface area contributed by atoms with Gasteiger partial charge in [0.2, 0.25) is 11.9 Å². The summed E-state index contributed by atoms with van der Waals surface area (Å²) < 4.78 is 12.5. The van der Waals surface area contributed by atoms with E-state index in [4.69, 9.17) is 32.7 Å². The fourth-order valence-corrected chi connectivity index (χ4v) is 5.69. The Labute approximate surface area is 237 Å². The van der Waals surface area contributed by atoms with Gasteiger partial charge in [0.25, 0.3) is 5.56 Å². The normalized spacial score (nSPS) is 14.6. The fourth-order valence-electron chi connectivity index (χ4n) is 4.99. The molecule has 1 aliphatic rings. The van der Waals surface area contributed by atoms with Gasteiger partial charge >= 0.3 is 0 Å². The number of benzene rings is 1. The van der Waals surface area contributed by atoms with Crippen LogP contribution in [0.2, 0.25) is 10.0 Å². The molecule has 0 saturated carbocycles. The Kier molecular flexibility index (Phi) is 8.58. The lowest BCUT2D eigenvalue weighted by atomic mass is 9.97. The van der Waals surface area contributed by atoms with Crippen LogP contribution in [0.15, 0.2) is 23.1 Å². The van der Waals surface area contributed by atoms with Crippen molar-refractivity contribution >= 4 is 46.1 Å². The molecule has 10 nitrogen and oxygen atoms in total. The third-order valence-electron chi connectivity index (χ3n) is 7.44. The first-order valence-electron chi connectivity index (χ1n) is 12.7. The van der Waals surface area contributed by atoms with Crippen LogP contribution in [0.25, 0.3) is 22.2 Å². The Bertz CT molecular complexity index is 1430. The van der Waals surface area contributed by atoms with Crippen LogP contribution in [0, 0.1) is 5.92 Å². The molecule has 4 rings (SSSR count). The van der Waals surface area contributed by atoms with Crippen molar-refractivity contribution in [1.82, 2.24) is 24.3 Å². The molecule has 1 saturated heterocycles. The van der Waals surface area contributed by atoms with E-state index in [1.54, 1.807) is 36.9 Å². The average molecular weight is 578 g/mol. The van der Waals surface area contributed by atoms with Gasteiger partial charge in [-0.3, -0.25) is 19.1 Å². The van der Waals surface area contributed by atoms with Gasteiger partial charge in [0.1, 0.15) is 17.1 Å². The molecule has 1 amide bonds. The van der Waals surface area contributed by atoms with Crippen LogP contribution in [0.5, 0.6) is 11.5 Å². The molecule has 0 spiro atoms. The number of ether oxygens (including phenoxy) is 2. The van der Waals surface area contributed by atoms with E-state index in [9.17, 15) is 9.59 Å². The number of anilines is 1. The zero-order chi connectivity index (χ0) is 28.6. The highest BCUT2D eigenvalue weighted by Gasteiger charge is 2.36. The van der Waals surface area contributed by atoms with Crippen molar-refractivity contribution in [2.24, 2.45) is 5.92 Å². The predicted molar refractivity (Wildman–Crippen MR) is 154 cm³/mol. The Morgan fingerprint density at radius 3 is 2.31 bits per heavy atom. The first-order chi connectivity index (χ1) is 18.5. The molecule has 12 heteroatoms. The van der Waals surface area contributed by atoms with Gasteiger partial charge < -0.3 is 19.7 Å². The summed E-state index contributed by atoms with van der Waals surface area (Å²) in [7, 11) is 6.74. The quantitative estimate of drug-likeness (QED) is 0.407. The molecule has 1 aliphatic heterocycles. The van der Waals surface area contributed by atoms with Crippen molar-refractivity contribution in [3.63, 3.8) is 0 Å². The number of amides is 1. The number of hydrogen-bond donors (Lipinski definition) is 1. The molecule has 0 unspecified atom stereocenters. The SMILES string of the molecule is CNc1ncc2cc(-c3c(Cl)c(OC)cc(OC)c3Cl)c(=O)n(C[C@H](C(C)C)N(C)C3CN(C(C)=O)C3)c2n1. The molecule has 2 aromatic heterocycles. The minimum absolute atomic E-state index is 0.0287. The van der Waals surface area contributed by atoms with Crippen molar-refractivity contribution in [3.8, 4) is 22.6 Å². The molecular formula is C27H34Cl2N6O4.